The monoisotopic (exact) mass is 309 g/mol. The predicted molar refractivity (Wildman–Crippen MR) is 77.7 cm³/mol. The molecule has 2 fully saturated rings. The summed E-state index contributed by atoms with van der Waals surface area (Å²) in [6.07, 6.45) is 3.62. The van der Waals surface area contributed by atoms with Crippen LogP contribution in [0.3, 0.4) is 0 Å². The van der Waals surface area contributed by atoms with E-state index in [1.807, 2.05) is 0 Å². The number of nitrogens with zero attached hydrogens (tertiary/aromatic N) is 2. The Hall–Kier alpha value is -1.82. The molecule has 2 saturated heterocycles. The van der Waals surface area contributed by atoms with Gasteiger partial charge in [0.1, 0.15) is 5.82 Å². The summed E-state index contributed by atoms with van der Waals surface area (Å²) >= 11 is 6.17. The van der Waals surface area contributed by atoms with Crippen molar-refractivity contribution in [3.05, 3.63) is 22.8 Å². The molecule has 0 bridgehead atoms. The Balaban J connectivity index is 1.76. The van der Waals surface area contributed by atoms with Gasteiger partial charge in [-0.3, -0.25) is 4.79 Å². The van der Waals surface area contributed by atoms with Gasteiger partial charge in [0, 0.05) is 31.7 Å². The minimum atomic E-state index is -1.04. The molecule has 1 amide bonds. The molecule has 2 aliphatic rings. The van der Waals surface area contributed by atoms with E-state index in [1.165, 1.54) is 12.3 Å². The van der Waals surface area contributed by atoms with Crippen LogP contribution in [0.1, 0.15) is 29.6 Å². The van der Waals surface area contributed by atoms with Crippen molar-refractivity contribution >= 4 is 29.3 Å². The van der Waals surface area contributed by atoms with Crippen LogP contribution in [0.25, 0.3) is 0 Å². The number of fused-ring (bicyclic) bond motifs is 1. The molecule has 6 nitrogen and oxygen atoms in total. The van der Waals surface area contributed by atoms with Crippen LogP contribution in [0, 0.1) is 5.92 Å². The van der Waals surface area contributed by atoms with Gasteiger partial charge in [0.25, 0.3) is 0 Å². The summed E-state index contributed by atoms with van der Waals surface area (Å²) in [6, 6.07) is 1.67. The van der Waals surface area contributed by atoms with Crippen LogP contribution >= 0.6 is 11.6 Å². The molecule has 2 atom stereocenters. The molecule has 1 aromatic rings. The summed E-state index contributed by atoms with van der Waals surface area (Å²) in [5, 5.41) is 12.3. The molecule has 3 rings (SSSR count). The minimum absolute atomic E-state index is 0.0866. The van der Waals surface area contributed by atoms with Crippen LogP contribution in [0.4, 0.5) is 5.82 Å². The van der Waals surface area contributed by atoms with Gasteiger partial charge in [0.15, 0.2) is 0 Å². The van der Waals surface area contributed by atoms with Crippen LogP contribution in [0.2, 0.25) is 5.02 Å². The third kappa shape index (κ3) is 2.81. The minimum Gasteiger partial charge on any atom is -0.478 e. The molecule has 0 radical (unpaired) electrons. The van der Waals surface area contributed by atoms with E-state index < -0.39 is 5.97 Å². The number of hydrogen-bond acceptors (Lipinski definition) is 4. The third-order valence-corrected chi connectivity index (χ3v) is 4.47. The second kappa shape index (κ2) is 5.52. The van der Waals surface area contributed by atoms with E-state index in [0.29, 0.717) is 23.2 Å². The summed E-state index contributed by atoms with van der Waals surface area (Å²) in [7, 11) is 0. The Morgan fingerprint density at radius 3 is 3.00 bits per heavy atom. The number of pyridine rings is 1. The zero-order valence-electron chi connectivity index (χ0n) is 11.4. The molecular weight excluding hydrogens is 294 g/mol. The number of carbonyl (C=O) groups excluding carboxylic acids is 1. The number of rotatable bonds is 2. The number of aromatic carboxylic acids is 1. The maximum absolute atomic E-state index is 11.4. The number of carbonyl (C=O) groups is 2. The summed E-state index contributed by atoms with van der Waals surface area (Å²) in [4.78, 5) is 28.6. The lowest BCUT2D eigenvalue weighted by Crippen LogP contribution is -2.54. The number of nitrogens with one attached hydrogen (secondary N) is 1. The van der Waals surface area contributed by atoms with Crippen molar-refractivity contribution in [1.29, 1.82) is 0 Å². The van der Waals surface area contributed by atoms with Gasteiger partial charge in [-0.1, -0.05) is 11.6 Å². The van der Waals surface area contributed by atoms with Crippen LogP contribution in [-0.4, -0.2) is 41.1 Å². The maximum Gasteiger partial charge on any atom is 0.337 e. The van der Waals surface area contributed by atoms with E-state index in [-0.39, 0.29) is 17.5 Å². The summed E-state index contributed by atoms with van der Waals surface area (Å²) < 4.78 is 0. The summed E-state index contributed by atoms with van der Waals surface area (Å²) in [5.74, 6) is 0.113. The highest BCUT2D eigenvalue weighted by molar-refractivity contribution is 6.33. The van der Waals surface area contributed by atoms with Crippen LogP contribution in [0.15, 0.2) is 12.3 Å². The SMILES string of the molecule is O=C1CCC2CN(c3ncc(C(=O)O)cc3Cl)CCC2N1. The molecule has 2 N–H and O–H groups in total. The number of halogens is 1. The molecule has 0 aromatic carbocycles. The Morgan fingerprint density at radius 2 is 2.29 bits per heavy atom. The highest BCUT2D eigenvalue weighted by atomic mass is 35.5. The van der Waals surface area contributed by atoms with E-state index in [1.54, 1.807) is 0 Å². The van der Waals surface area contributed by atoms with Gasteiger partial charge in [-0.25, -0.2) is 9.78 Å². The fourth-order valence-corrected chi connectivity index (χ4v) is 3.37. The Bertz CT molecular complexity index is 593. The summed E-state index contributed by atoms with van der Waals surface area (Å²) in [5.41, 5.74) is 0.0866. The maximum atomic E-state index is 11.4. The molecule has 7 heteroatoms. The standard InChI is InChI=1S/C14H16ClN3O3/c15-10-5-9(14(20)21)6-16-13(10)18-4-3-11-8(7-18)1-2-12(19)17-11/h5-6,8,11H,1-4,7H2,(H,17,19)(H,20,21). The van der Waals surface area contributed by atoms with Gasteiger partial charge in [-0.15, -0.1) is 0 Å². The number of aromatic nitrogens is 1. The van der Waals surface area contributed by atoms with Gasteiger partial charge in [-0.2, -0.15) is 0 Å². The lowest BCUT2D eigenvalue weighted by molar-refractivity contribution is -0.124. The largest absolute Gasteiger partial charge is 0.478 e. The van der Waals surface area contributed by atoms with Gasteiger partial charge in [0.05, 0.1) is 10.6 Å². The van der Waals surface area contributed by atoms with Crippen LogP contribution < -0.4 is 10.2 Å². The zero-order valence-corrected chi connectivity index (χ0v) is 12.1. The van der Waals surface area contributed by atoms with Crippen LogP contribution in [0.5, 0.6) is 0 Å². The van der Waals surface area contributed by atoms with E-state index in [2.05, 4.69) is 15.2 Å². The highest BCUT2D eigenvalue weighted by Crippen LogP contribution is 2.31. The molecule has 0 spiro atoms. The average molecular weight is 310 g/mol. The Labute approximate surface area is 127 Å². The number of piperidine rings is 2. The Kier molecular flexibility index (Phi) is 3.71. The lowest BCUT2D eigenvalue weighted by Gasteiger charge is -2.42. The fourth-order valence-electron chi connectivity index (χ4n) is 3.08. The predicted octanol–water partition coefficient (Wildman–Crippen LogP) is 1.54. The molecule has 2 unspecified atom stereocenters. The first kappa shape index (κ1) is 14.1. The van der Waals surface area contributed by atoms with Crippen molar-refractivity contribution in [1.82, 2.24) is 10.3 Å². The number of carboxylic acids is 1. The first-order valence-corrected chi connectivity index (χ1v) is 7.35. The van der Waals surface area contributed by atoms with Crippen molar-refractivity contribution in [3.8, 4) is 0 Å². The zero-order chi connectivity index (χ0) is 15.0. The average Bonchev–Trinajstić information content (AvgIpc) is 2.46. The molecule has 1 aromatic heterocycles. The molecule has 2 aliphatic heterocycles. The molecule has 0 aliphatic carbocycles. The van der Waals surface area contributed by atoms with Crippen molar-refractivity contribution < 1.29 is 14.7 Å². The molecule has 3 heterocycles. The number of hydrogen-bond donors (Lipinski definition) is 2. The lowest BCUT2D eigenvalue weighted by atomic mass is 9.85. The fraction of sp³-hybridized carbons (Fsp3) is 0.500. The number of anilines is 1. The van der Waals surface area contributed by atoms with E-state index in [9.17, 15) is 9.59 Å². The molecular formula is C14H16ClN3O3. The second-order valence-electron chi connectivity index (χ2n) is 5.54. The van der Waals surface area contributed by atoms with Crippen molar-refractivity contribution in [3.63, 3.8) is 0 Å². The van der Waals surface area contributed by atoms with Gasteiger partial charge in [0.2, 0.25) is 5.91 Å². The molecule has 0 saturated carbocycles. The first-order valence-electron chi connectivity index (χ1n) is 6.98. The van der Waals surface area contributed by atoms with Crippen LogP contribution in [-0.2, 0) is 4.79 Å². The number of amides is 1. The topological polar surface area (TPSA) is 82.5 Å². The van der Waals surface area contributed by atoms with Crippen molar-refractivity contribution in [2.75, 3.05) is 18.0 Å². The quantitative estimate of drug-likeness (QED) is 0.866. The first-order chi connectivity index (χ1) is 10.0. The van der Waals surface area contributed by atoms with Gasteiger partial charge >= 0.3 is 5.97 Å². The van der Waals surface area contributed by atoms with Crippen molar-refractivity contribution in [2.45, 2.75) is 25.3 Å². The molecule has 21 heavy (non-hydrogen) atoms. The third-order valence-electron chi connectivity index (χ3n) is 4.19. The van der Waals surface area contributed by atoms with E-state index in [0.717, 1.165) is 25.9 Å². The summed E-state index contributed by atoms with van der Waals surface area (Å²) in [6.45, 7) is 1.53. The molecule has 112 valence electrons. The highest BCUT2D eigenvalue weighted by Gasteiger charge is 2.34. The van der Waals surface area contributed by atoms with E-state index >= 15 is 0 Å². The van der Waals surface area contributed by atoms with E-state index in [4.69, 9.17) is 16.7 Å². The normalized spacial score (nSPS) is 25.2. The Morgan fingerprint density at radius 1 is 1.48 bits per heavy atom. The smallest absolute Gasteiger partial charge is 0.337 e. The number of carboxylic acid groups (broad SMARTS) is 1. The second-order valence-corrected chi connectivity index (χ2v) is 5.95. The van der Waals surface area contributed by atoms with Gasteiger partial charge in [-0.05, 0) is 24.8 Å². The van der Waals surface area contributed by atoms with Crippen molar-refractivity contribution in [2.24, 2.45) is 5.92 Å². The van der Waals surface area contributed by atoms with Gasteiger partial charge < -0.3 is 15.3 Å².